The fourth-order valence-corrected chi connectivity index (χ4v) is 4.11. The van der Waals surface area contributed by atoms with Crippen molar-refractivity contribution in [2.45, 2.75) is 31.1 Å². The zero-order valence-electron chi connectivity index (χ0n) is 11.7. The highest BCUT2D eigenvalue weighted by atomic mass is 35.5. The fraction of sp³-hybridized carbons (Fsp3) is 0.571. The standard InChI is InChI=1S/C14H21ClN2O2S/c1-11-4-5-14(13(15)9-11)20(18,19)17-8-6-12-3-2-7-16-10-12/h4-5,9,12,16-17H,2-3,6-8,10H2,1H3. The van der Waals surface area contributed by atoms with Gasteiger partial charge in [-0.1, -0.05) is 17.7 Å². The van der Waals surface area contributed by atoms with Crippen molar-refractivity contribution in [3.05, 3.63) is 28.8 Å². The third kappa shape index (κ3) is 4.19. The van der Waals surface area contributed by atoms with E-state index >= 15 is 0 Å². The molecule has 1 fully saturated rings. The number of aryl methyl sites for hydroxylation is 1. The summed E-state index contributed by atoms with van der Waals surface area (Å²) in [6.07, 6.45) is 3.19. The molecular weight excluding hydrogens is 296 g/mol. The van der Waals surface area contributed by atoms with Crippen LogP contribution in [0.4, 0.5) is 0 Å². The molecule has 0 aromatic heterocycles. The first-order valence-corrected chi connectivity index (χ1v) is 8.82. The third-order valence-corrected chi connectivity index (χ3v) is 5.56. The van der Waals surface area contributed by atoms with Crippen molar-refractivity contribution in [2.75, 3.05) is 19.6 Å². The van der Waals surface area contributed by atoms with Crippen molar-refractivity contribution in [1.29, 1.82) is 0 Å². The van der Waals surface area contributed by atoms with Crippen molar-refractivity contribution < 1.29 is 8.42 Å². The van der Waals surface area contributed by atoms with Crippen LogP contribution >= 0.6 is 11.6 Å². The fourth-order valence-electron chi connectivity index (χ4n) is 2.47. The number of piperidine rings is 1. The Hall–Kier alpha value is -0.620. The van der Waals surface area contributed by atoms with Gasteiger partial charge in [-0.25, -0.2) is 13.1 Å². The number of hydrogen-bond acceptors (Lipinski definition) is 3. The van der Waals surface area contributed by atoms with Gasteiger partial charge in [-0.15, -0.1) is 0 Å². The molecule has 6 heteroatoms. The molecular formula is C14H21ClN2O2S. The lowest BCUT2D eigenvalue weighted by atomic mass is 9.96. The second-order valence-corrected chi connectivity index (χ2v) is 7.48. The lowest BCUT2D eigenvalue weighted by Crippen LogP contribution is -2.33. The Morgan fingerprint density at radius 3 is 2.90 bits per heavy atom. The van der Waals surface area contributed by atoms with Crippen LogP contribution in [0.25, 0.3) is 0 Å². The van der Waals surface area contributed by atoms with Gasteiger partial charge in [0.25, 0.3) is 0 Å². The van der Waals surface area contributed by atoms with Gasteiger partial charge in [-0.05, 0) is 62.9 Å². The molecule has 2 rings (SSSR count). The normalized spacial score (nSPS) is 20.0. The van der Waals surface area contributed by atoms with Crippen LogP contribution in [0.3, 0.4) is 0 Å². The number of rotatable bonds is 5. The molecule has 0 bridgehead atoms. The minimum Gasteiger partial charge on any atom is -0.316 e. The first-order valence-electron chi connectivity index (χ1n) is 6.95. The summed E-state index contributed by atoms with van der Waals surface area (Å²) in [5.74, 6) is 0.555. The van der Waals surface area contributed by atoms with Crippen LogP contribution in [0.2, 0.25) is 5.02 Å². The van der Waals surface area contributed by atoms with Gasteiger partial charge in [0.15, 0.2) is 0 Å². The molecule has 1 aliphatic rings. The molecule has 4 nitrogen and oxygen atoms in total. The quantitative estimate of drug-likeness (QED) is 0.876. The number of halogens is 1. The lowest BCUT2D eigenvalue weighted by molar-refractivity contribution is 0.358. The molecule has 0 saturated carbocycles. The van der Waals surface area contributed by atoms with Crippen LogP contribution in [-0.2, 0) is 10.0 Å². The van der Waals surface area contributed by atoms with E-state index in [1.165, 1.54) is 12.8 Å². The Bertz CT molecular complexity index is 554. The molecule has 1 unspecified atom stereocenters. The second-order valence-electron chi connectivity index (χ2n) is 5.33. The number of nitrogens with one attached hydrogen (secondary N) is 2. The molecule has 20 heavy (non-hydrogen) atoms. The summed E-state index contributed by atoms with van der Waals surface area (Å²) >= 11 is 6.01. The first kappa shape index (κ1) is 15.8. The summed E-state index contributed by atoms with van der Waals surface area (Å²) in [5, 5.41) is 3.61. The average molecular weight is 317 g/mol. The molecule has 1 saturated heterocycles. The summed E-state index contributed by atoms with van der Waals surface area (Å²) in [4.78, 5) is 0.159. The zero-order chi connectivity index (χ0) is 14.6. The minimum absolute atomic E-state index is 0.159. The summed E-state index contributed by atoms with van der Waals surface area (Å²) < 4.78 is 27.0. The Labute approximate surface area is 126 Å². The van der Waals surface area contributed by atoms with E-state index in [4.69, 9.17) is 11.6 Å². The van der Waals surface area contributed by atoms with E-state index in [9.17, 15) is 8.42 Å². The van der Waals surface area contributed by atoms with Crippen LogP contribution in [0.1, 0.15) is 24.8 Å². The van der Waals surface area contributed by atoms with Gasteiger partial charge in [0, 0.05) is 6.54 Å². The van der Waals surface area contributed by atoms with E-state index < -0.39 is 10.0 Å². The summed E-state index contributed by atoms with van der Waals surface area (Å²) in [5.41, 5.74) is 0.947. The van der Waals surface area contributed by atoms with E-state index in [1.54, 1.807) is 18.2 Å². The molecule has 1 heterocycles. The largest absolute Gasteiger partial charge is 0.316 e. The van der Waals surface area contributed by atoms with E-state index in [-0.39, 0.29) is 9.92 Å². The Morgan fingerprint density at radius 1 is 1.45 bits per heavy atom. The summed E-state index contributed by atoms with van der Waals surface area (Å²) in [6, 6.07) is 4.98. The molecule has 0 radical (unpaired) electrons. The van der Waals surface area contributed by atoms with E-state index in [1.807, 2.05) is 6.92 Å². The molecule has 112 valence electrons. The Balaban J connectivity index is 1.93. The van der Waals surface area contributed by atoms with Crippen LogP contribution in [0.15, 0.2) is 23.1 Å². The van der Waals surface area contributed by atoms with Gasteiger partial charge in [0.05, 0.1) is 5.02 Å². The topological polar surface area (TPSA) is 58.2 Å². The van der Waals surface area contributed by atoms with Crippen molar-refractivity contribution in [3.63, 3.8) is 0 Å². The Kier molecular flexibility index (Phi) is 5.43. The van der Waals surface area contributed by atoms with Crippen LogP contribution < -0.4 is 10.0 Å². The highest BCUT2D eigenvalue weighted by Crippen LogP contribution is 2.22. The number of sulfonamides is 1. The maximum atomic E-state index is 12.2. The zero-order valence-corrected chi connectivity index (χ0v) is 13.2. The molecule has 1 aromatic carbocycles. The predicted octanol–water partition coefficient (Wildman–Crippen LogP) is 2.32. The van der Waals surface area contributed by atoms with Crippen LogP contribution in [0.5, 0.6) is 0 Å². The van der Waals surface area contributed by atoms with Gasteiger partial charge in [-0.2, -0.15) is 0 Å². The SMILES string of the molecule is Cc1ccc(S(=O)(=O)NCCC2CCCNC2)c(Cl)c1. The van der Waals surface area contributed by atoms with E-state index in [0.29, 0.717) is 12.5 Å². The van der Waals surface area contributed by atoms with Gasteiger partial charge < -0.3 is 5.32 Å². The highest BCUT2D eigenvalue weighted by Gasteiger charge is 2.19. The molecule has 0 spiro atoms. The van der Waals surface area contributed by atoms with Crippen LogP contribution in [0, 0.1) is 12.8 Å². The van der Waals surface area contributed by atoms with Crippen LogP contribution in [-0.4, -0.2) is 28.1 Å². The number of hydrogen-bond donors (Lipinski definition) is 2. The Morgan fingerprint density at radius 2 is 2.25 bits per heavy atom. The molecule has 1 aliphatic heterocycles. The maximum absolute atomic E-state index is 12.2. The summed E-state index contributed by atoms with van der Waals surface area (Å²) in [6.45, 7) is 4.39. The van der Waals surface area contributed by atoms with Gasteiger partial charge in [0.2, 0.25) is 10.0 Å². The van der Waals surface area contributed by atoms with Gasteiger partial charge in [0.1, 0.15) is 4.90 Å². The van der Waals surface area contributed by atoms with Gasteiger partial charge >= 0.3 is 0 Å². The maximum Gasteiger partial charge on any atom is 0.242 e. The molecule has 0 aliphatic carbocycles. The van der Waals surface area contributed by atoms with Crippen molar-refractivity contribution in [1.82, 2.24) is 10.0 Å². The highest BCUT2D eigenvalue weighted by molar-refractivity contribution is 7.89. The number of benzene rings is 1. The van der Waals surface area contributed by atoms with Gasteiger partial charge in [-0.3, -0.25) is 0 Å². The van der Waals surface area contributed by atoms with E-state index in [2.05, 4.69) is 10.0 Å². The summed E-state index contributed by atoms with van der Waals surface area (Å²) in [7, 11) is -3.51. The minimum atomic E-state index is -3.51. The molecule has 0 amide bonds. The molecule has 1 aromatic rings. The van der Waals surface area contributed by atoms with Crippen molar-refractivity contribution in [2.24, 2.45) is 5.92 Å². The second kappa shape index (κ2) is 6.89. The van der Waals surface area contributed by atoms with Crippen molar-refractivity contribution in [3.8, 4) is 0 Å². The van der Waals surface area contributed by atoms with E-state index in [0.717, 1.165) is 25.1 Å². The lowest BCUT2D eigenvalue weighted by Gasteiger charge is -2.22. The third-order valence-electron chi connectivity index (χ3n) is 3.62. The molecule has 1 atom stereocenters. The first-order chi connectivity index (χ1) is 9.49. The smallest absolute Gasteiger partial charge is 0.242 e. The molecule has 2 N–H and O–H groups in total. The average Bonchev–Trinajstić information content (AvgIpc) is 2.39. The predicted molar refractivity (Wildman–Crippen MR) is 81.6 cm³/mol. The van der Waals surface area contributed by atoms with Crippen molar-refractivity contribution >= 4 is 21.6 Å². The monoisotopic (exact) mass is 316 g/mol.